The maximum absolute atomic E-state index is 10.9. The zero-order chi connectivity index (χ0) is 11.7. The number of fused-ring (bicyclic) bond motifs is 1. The first-order chi connectivity index (χ1) is 7.58. The maximum Gasteiger partial charge on any atom is 0.306 e. The van der Waals surface area contributed by atoms with Crippen LogP contribution in [0.25, 0.3) is 0 Å². The Balaban J connectivity index is 1.95. The molecular weight excluding hydrogens is 208 g/mol. The summed E-state index contributed by atoms with van der Waals surface area (Å²) >= 11 is 0. The second-order valence-electron chi connectivity index (χ2n) is 5.22. The molecule has 0 unspecified atom stereocenters. The molecule has 4 heteroatoms. The lowest BCUT2D eigenvalue weighted by Gasteiger charge is -2.40. The van der Waals surface area contributed by atoms with Crippen molar-refractivity contribution in [1.29, 1.82) is 0 Å². The summed E-state index contributed by atoms with van der Waals surface area (Å²) in [4.78, 5) is 21.8. The van der Waals surface area contributed by atoms with Crippen molar-refractivity contribution in [3.63, 3.8) is 0 Å². The smallest absolute Gasteiger partial charge is 0.306 e. The van der Waals surface area contributed by atoms with Gasteiger partial charge in [-0.1, -0.05) is 0 Å². The molecule has 0 radical (unpaired) electrons. The lowest BCUT2D eigenvalue weighted by Crippen LogP contribution is -2.35. The van der Waals surface area contributed by atoms with E-state index in [0.717, 1.165) is 38.5 Å². The van der Waals surface area contributed by atoms with Gasteiger partial charge in [-0.2, -0.15) is 0 Å². The fraction of sp³-hybridized carbons (Fsp3) is 0.833. The van der Waals surface area contributed by atoms with Gasteiger partial charge in [0.15, 0.2) is 0 Å². The second-order valence-corrected chi connectivity index (χ2v) is 5.22. The first-order valence-corrected chi connectivity index (χ1v) is 6.03. The molecule has 0 spiro atoms. The molecule has 0 aliphatic heterocycles. The first kappa shape index (κ1) is 11.4. The van der Waals surface area contributed by atoms with E-state index in [9.17, 15) is 9.59 Å². The van der Waals surface area contributed by atoms with Crippen molar-refractivity contribution in [2.75, 3.05) is 0 Å². The Hall–Kier alpha value is -1.06. The summed E-state index contributed by atoms with van der Waals surface area (Å²) in [5.74, 6) is -0.848. The topological polar surface area (TPSA) is 74.6 Å². The summed E-state index contributed by atoms with van der Waals surface area (Å²) in [7, 11) is 0. The molecule has 0 aromatic heterocycles. The standard InChI is InChI=1S/C12H18O4/c13-11(14)9-3-1-7-5-10(12(15)16)4-2-8(7)6-9/h7-10H,1-6H2,(H,13,14)(H,15,16)/t7-,8-,9+,10+/m1/s1. The predicted molar refractivity (Wildman–Crippen MR) is 56.9 cm³/mol. The van der Waals surface area contributed by atoms with Crippen LogP contribution >= 0.6 is 0 Å². The highest BCUT2D eigenvalue weighted by molar-refractivity contribution is 5.71. The fourth-order valence-electron chi connectivity index (χ4n) is 3.34. The van der Waals surface area contributed by atoms with Crippen molar-refractivity contribution in [3.05, 3.63) is 0 Å². The van der Waals surface area contributed by atoms with Gasteiger partial charge < -0.3 is 10.2 Å². The number of carbonyl (C=O) groups is 2. The summed E-state index contributed by atoms with van der Waals surface area (Å²) in [5, 5.41) is 17.9. The monoisotopic (exact) mass is 226 g/mol. The fourth-order valence-corrected chi connectivity index (χ4v) is 3.34. The lowest BCUT2D eigenvalue weighted by atomic mass is 9.65. The quantitative estimate of drug-likeness (QED) is 0.755. The molecule has 0 heterocycles. The highest BCUT2D eigenvalue weighted by atomic mass is 16.4. The summed E-state index contributed by atoms with van der Waals surface area (Å²) in [6.45, 7) is 0. The second kappa shape index (κ2) is 4.44. The number of hydrogen-bond donors (Lipinski definition) is 2. The van der Waals surface area contributed by atoms with Gasteiger partial charge in [-0.3, -0.25) is 9.59 Å². The molecule has 2 N–H and O–H groups in total. The Morgan fingerprint density at radius 2 is 1.12 bits per heavy atom. The van der Waals surface area contributed by atoms with Gasteiger partial charge in [0, 0.05) is 0 Å². The zero-order valence-electron chi connectivity index (χ0n) is 9.26. The molecule has 2 fully saturated rings. The molecule has 0 saturated heterocycles. The number of carboxylic acid groups (broad SMARTS) is 2. The summed E-state index contributed by atoms with van der Waals surface area (Å²) < 4.78 is 0. The minimum absolute atomic E-state index is 0.192. The van der Waals surface area contributed by atoms with Crippen molar-refractivity contribution in [1.82, 2.24) is 0 Å². The average Bonchev–Trinajstić information content (AvgIpc) is 2.27. The van der Waals surface area contributed by atoms with Gasteiger partial charge in [0.1, 0.15) is 0 Å². The third kappa shape index (κ3) is 2.20. The number of hydrogen-bond acceptors (Lipinski definition) is 2. The van der Waals surface area contributed by atoms with Crippen molar-refractivity contribution >= 4 is 11.9 Å². The van der Waals surface area contributed by atoms with Crippen LogP contribution in [0.3, 0.4) is 0 Å². The molecule has 90 valence electrons. The number of rotatable bonds is 2. The van der Waals surface area contributed by atoms with Gasteiger partial charge in [0.05, 0.1) is 11.8 Å². The van der Waals surface area contributed by atoms with E-state index >= 15 is 0 Å². The third-order valence-corrected chi connectivity index (χ3v) is 4.31. The molecule has 4 atom stereocenters. The first-order valence-electron chi connectivity index (χ1n) is 6.03. The van der Waals surface area contributed by atoms with Crippen LogP contribution < -0.4 is 0 Å². The van der Waals surface area contributed by atoms with Crippen LogP contribution in [0.15, 0.2) is 0 Å². The molecule has 16 heavy (non-hydrogen) atoms. The van der Waals surface area contributed by atoms with Crippen LogP contribution in [0.1, 0.15) is 38.5 Å². The van der Waals surface area contributed by atoms with Crippen LogP contribution in [0.5, 0.6) is 0 Å². The van der Waals surface area contributed by atoms with Crippen LogP contribution in [0, 0.1) is 23.7 Å². The van der Waals surface area contributed by atoms with Crippen LogP contribution in [-0.2, 0) is 9.59 Å². The SMILES string of the molecule is O=C(O)[C@H]1CC[C@@H]2C[C@@H](C(=O)O)CC[C@@H]2C1. The van der Waals surface area contributed by atoms with Crippen molar-refractivity contribution in [3.8, 4) is 0 Å². The molecule has 2 saturated carbocycles. The van der Waals surface area contributed by atoms with Crippen molar-refractivity contribution in [2.45, 2.75) is 38.5 Å². The summed E-state index contributed by atoms with van der Waals surface area (Å²) in [6, 6.07) is 0. The van der Waals surface area contributed by atoms with Crippen molar-refractivity contribution in [2.24, 2.45) is 23.7 Å². The highest BCUT2D eigenvalue weighted by Crippen LogP contribution is 2.44. The maximum atomic E-state index is 10.9. The Kier molecular flexibility index (Phi) is 3.17. The minimum Gasteiger partial charge on any atom is -0.481 e. The van der Waals surface area contributed by atoms with E-state index in [1.54, 1.807) is 0 Å². The predicted octanol–water partition coefficient (Wildman–Crippen LogP) is 1.99. The molecule has 2 aliphatic rings. The highest BCUT2D eigenvalue weighted by Gasteiger charge is 2.39. The lowest BCUT2D eigenvalue weighted by molar-refractivity contribution is -0.148. The van der Waals surface area contributed by atoms with Gasteiger partial charge in [-0.05, 0) is 50.4 Å². The molecule has 0 aromatic rings. The molecule has 0 aromatic carbocycles. The zero-order valence-corrected chi connectivity index (χ0v) is 9.26. The average molecular weight is 226 g/mol. The largest absolute Gasteiger partial charge is 0.481 e. The van der Waals surface area contributed by atoms with E-state index in [1.165, 1.54) is 0 Å². The van der Waals surface area contributed by atoms with Crippen LogP contribution in [0.2, 0.25) is 0 Å². The van der Waals surface area contributed by atoms with E-state index in [0.29, 0.717) is 11.8 Å². The summed E-state index contributed by atoms with van der Waals surface area (Å²) in [5.41, 5.74) is 0. The minimum atomic E-state index is -0.682. The Morgan fingerprint density at radius 3 is 1.44 bits per heavy atom. The van der Waals surface area contributed by atoms with Crippen molar-refractivity contribution < 1.29 is 19.8 Å². The van der Waals surface area contributed by atoms with E-state index in [1.807, 2.05) is 0 Å². The van der Waals surface area contributed by atoms with Crippen LogP contribution in [0.4, 0.5) is 0 Å². The van der Waals surface area contributed by atoms with Gasteiger partial charge in [0.2, 0.25) is 0 Å². The van der Waals surface area contributed by atoms with Gasteiger partial charge in [-0.15, -0.1) is 0 Å². The molecule has 2 aliphatic carbocycles. The van der Waals surface area contributed by atoms with Gasteiger partial charge in [-0.25, -0.2) is 0 Å². The molecule has 0 bridgehead atoms. The number of carboxylic acids is 2. The summed E-state index contributed by atoms with van der Waals surface area (Å²) in [6.07, 6.45) is 4.75. The number of aliphatic carboxylic acids is 2. The molecule has 4 nitrogen and oxygen atoms in total. The van der Waals surface area contributed by atoms with Crippen LogP contribution in [-0.4, -0.2) is 22.2 Å². The van der Waals surface area contributed by atoms with Gasteiger partial charge in [0.25, 0.3) is 0 Å². The normalized spacial score (nSPS) is 38.8. The van der Waals surface area contributed by atoms with E-state index in [4.69, 9.17) is 10.2 Å². The molecule has 0 amide bonds. The molecular formula is C12H18O4. The third-order valence-electron chi connectivity index (χ3n) is 4.31. The van der Waals surface area contributed by atoms with E-state index in [2.05, 4.69) is 0 Å². The molecule has 2 rings (SSSR count). The Morgan fingerprint density at radius 1 is 0.750 bits per heavy atom. The Bertz CT molecular complexity index is 269. The van der Waals surface area contributed by atoms with E-state index < -0.39 is 11.9 Å². The van der Waals surface area contributed by atoms with E-state index in [-0.39, 0.29) is 11.8 Å². The Labute approximate surface area is 94.7 Å². The van der Waals surface area contributed by atoms with Gasteiger partial charge >= 0.3 is 11.9 Å².